The molecule has 11 nitrogen and oxygen atoms in total. The van der Waals surface area contributed by atoms with Crippen LogP contribution >= 0.6 is 0 Å². The highest BCUT2D eigenvalue weighted by Crippen LogP contribution is 2.44. The molecule has 2 aliphatic rings. The Balaban J connectivity index is 1.32. The minimum absolute atomic E-state index is 0.147. The Morgan fingerprint density at radius 2 is 1.75 bits per heavy atom. The summed E-state index contributed by atoms with van der Waals surface area (Å²) < 4.78 is 55.1. The molecule has 0 unspecified atom stereocenters. The van der Waals surface area contributed by atoms with E-state index >= 15 is 0 Å². The lowest BCUT2D eigenvalue weighted by Crippen LogP contribution is -2.51. The molecule has 4 aromatic rings. The fraction of sp³-hybridized carbons (Fsp3) is 0.300. The molecule has 1 saturated carbocycles. The Hall–Kier alpha value is -4.82. The van der Waals surface area contributed by atoms with Crippen LogP contribution in [0.3, 0.4) is 0 Å². The maximum Gasteiger partial charge on any atom is 0.573 e. The maximum absolute atomic E-state index is 13.5. The highest BCUT2D eigenvalue weighted by atomic mass is 19.4. The number of carbonyl (C=O) groups excluding carboxylic acids is 2. The molecule has 44 heavy (non-hydrogen) atoms. The number of hydrogen-bond acceptors (Lipinski definition) is 9. The fourth-order valence-electron chi connectivity index (χ4n) is 5.29. The van der Waals surface area contributed by atoms with E-state index in [0.29, 0.717) is 55.8 Å². The van der Waals surface area contributed by atoms with Crippen molar-refractivity contribution >= 4 is 28.5 Å². The SMILES string of the molecule is COC(=O)c1ccc(-c2ccc3c(=O)n(-c4ccc(OC(F)(F)F)c(NC(=O)C5(N6CCOCC6)CC5)c4)cnc3c2)cn1. The van der Waals surface area contributed by atoms with E-state index < -0.39 is 35.1 Å². The van der Waals surface area contributed by atoms with E-state index in [4.69, 9.17) is 4.74 Å². The van der Waals surface area contributed by atoms with Crippen molar-refractivity contribution in [3.05, 3.63) is 77.1 Å². The smallest absolute Gasteiger partial charge is 0.464 e. The zero-order valence-corrected chi connectivity index (χ0v) is 23.4. The van der Waals surface area contributed by atoms with E-state index in [0.717, 1.165) is 6.07 Å². The second kappa shape index (κ2) is 11.4. The van der Waals surface area contributed by atoms with Crippen LogP contribution in [0.1, 0.15) is 23.3 Å². The molecule has 1 aliphatic heterocycles. The number of morpholine rings is 1. The average Bonchev–Trinajstić information content (AvgIpc) is 3.84. The monoisotopic (exact) mass is 609 g/mol. The van der Waals surface area contributed by atoms with Crippen LogP contribution in [0.15, 0.2) is 65.8 Å². The molecule has 2 aromatic heterocycles. The molecule has 3 heterocycles. The van der Waals surface area contributed by atoms with Crippen LogP contribution in [0.2, 0.25) is 0 Å². The third-order valence-corrected chi connectivity index (χ3v) is 7.73. The van der Waals surface area contributed by atoms with Gasteiger partial charge < -0.3 is 19.5 Å². The second-order valence-electron chi connectivity index (χ2n) is 10.4. The van der Waals surface area contributed by atoms with Crippen molar-refractivity contribution in [1.29, 1.82) is 0 Å². The Morgan fingerprint density at radius 3 is 2.41 bits per heavy atom. The van der Waals surface area contributed by atoms with Gasteiger partial charge in [0, 0.05) is 24.8 Å². The number of aromatic nitrogens is 3. The van der Waals surface area contributed by atoms with Gasteiger partial charge in [-0.05, 0) is 54.8 Å². The van der Waals surface area contributed by atoms with E-state index in [9.17, 15) is 27.6 Å². The predicted molar refractivity (Wildman–Crippen MR) is 152 cm³/mol. The van der Waals surface area contributed by atoms with Gasteiger partial charge in [0.05, 0.1) is 42.6 Å². The van der Waals surface area contributed by atoms with Gasteiger partial charge in [0.1, 0.15) is 17.6 Å². The number of nitrogens with one attached hydrogen (secondary N) is 1. The van der Waals surface area contributed by atoms with Crippen LogP contribution in [-0.4, -0.2) is 76.6 Å². The molecule has 228 valence electrons. The molecule has 1 aliphatic carbocycles. The molecule has 0 spiro atoms. The minimum Gasteiger partial charge on any atom is -0.464 e. The van der Waals surface area contributed by atoms with Gasteiger partial charge in [-0.15, -0.1) is 13.2 Å². The van der Waals surface area contributed by atoms with Gasteiger partial charge in [-0.2, -0.15) is 0 Å². The molecule has 1 amide bonds. The summed E-state index contributed by atoms with van der Waals surface area (Å²) in [5.74, 6) is -1.62. The Labute approximate surface area is 248 Å². The van der Waals surface area contributed by atoms with Gasteiger partial charge in [-0.1, -0.05) is 12.1 Å². The topological polar surface area (TPSA) is 125 Å². The number of pyridine rings is 1. The average molecular weight is 610 g/mol. The maximum atomic E-state index is 13.5. The molecule has 0 atom stereocenters. The zero-order valence-electron chi connectivity index (χ0n) is 23.4. The molecule has 2 fully saturated rings. The number of methoxy groups -OCH3 is 1. The number of benzene rings is 2. The van der Waals surface area contributed by atoms with Crippen molar-refractivity contribution in [3.8, 4) is 22.6 Å². The highest BCUT2D eigenvalue weighted by molar-refractivity contribution is 6.01. The number of hydrogen-bond donors (Lipinski definition) is 1. The molecular formula is C30H26F3N5O6. The lowest BCUT2D eigenvalue weighted by molar-refractivity contribution is -0.274. The summed E-state index contributed by atoms with van der Waals surface area (Å²) in [6, 6.07) is 11.7. The van der Waals surface area contributed by atoms with Gasteiger partial charge >= 0.3 is 12.3 Å². The summed E-state index contributed by atoms with van der Waals surface area (Å²) in [7, 11) is 1.26. The summed E-state index contributed by atoms with van der Waals surface area (Å²) in [4.78, 5) is 49.0. The standard InChI is InChI=1S/C30H26F3N5O6/c1-42-27(40)22-6-3-19(16-34-22)18-2-5-21-23(14-18)35-17-38(26(21)39)20-4-7-25(44-30(31,32)33)24(15-20)36-28(41)29(8-9-29)37-10-12-43-13-11-37/h2-7,14-17H,8-13H2,1H3,(H,36,41). The second-order valence-corrected chi connectivity index (χ2v) is 10.4. The number of nitrogens with zero attached hydrogens (tertiary/aromatic N) is 4. The normalized spacial score (nSPS) is 16.4. The summed E-state index contributed by atoms with van der Waals surface area (Å²) in [5.41, 5.74) is 0.529. The third-order valence-electron chi connectivity index (χ3n) is 7.73. The van der Waals surface area contributed by atoms with Crippen molar-refractivity contribution in [2.75, 3.05) is 38.7 Å². The van der Waals surface area contributed by atoms with Crippen molar-refractivity contribution in [2.24, 2.45) is 0 Å². The van der Waals surface area contributed by atoms with Crippen molar-refractivity contribution < 1.29 is 37.0 Å². The highest BCUT2D eigenvalue weighted by Gasteiger charge is 2.54. The first-order chi connectivity index (χ1) is 21.1. The van der Waals surface area contributed by atoms with Gasteiger partial charge in [-0.25, -0.2) is 14.8 Å². The van der Waals surface area contributed by atoms with Crippen molar-refractivity contribution in [2.45, 2.75) is 24.7 Å². The third kappa shape index (κ3) is 5.73. The summed E-state index contributed by atoms with van der Waals surface area (Å²) in [6.07, 6.45) is -1.12. The molecule has 2 aromatic carbocycles. The van der Waals surface area contributed by atoms with E-state index in [1.807, 2.05) is 4.90 Å². The van der Waals surface area contributed by atoms with Crippen LogP contribution in [0, 0.1) is 0 Å². The largest absolute Gasteiger partial charge is 0.573 e. The lowest BCUT2D eigenvalue weighted by Gasteiger charge is -2.34. The molecular weight excluding hydrogens is 583 g/mol. The first-order valence-electron chi connectivity index (χ1n) is 13.7. The first kappa shape index (κ1) is 29.3. The summed E-state index contributed by atoms with van der Waals surface area (Å²) >= 11 is 0. The van der Waals surface area contributed by atoms with Crippen molar-refractivity contribution in [3.63, 3.8) is 0 Å². The quantitative estimate of drug-likeness (QED) is 0.310. The number of esters is 1. The fourth-order valence-corrected chi connectivity index (χ4v) is 5.29. The summed E-state index contributed by atoms with van der Waals surface area (Å²) in [5, 5.41) is 2.87. The number of amides is 1. The van der Waals surface area contributed by atoms with Gasteiger partial charge in [0.2, 0.25) is 5.91 Å². The van der Waals surface area contributed by atoms with Gasteiger partial charge in [0.25, 0.3) is 5.56 Å². The van der Waals surface area contributed by atoms with Gasteiger partial charge in [0.15, 0.2) is 5.75 Å². The molecule has 6 rings (SSSR count). The number of rotatable bonds is 7. The molecule has 1 saturated heterocycles. The molecule has 0 radical (unpaired) electrons. The zero-order chi connectivity index (χ0) is 31.1. The first-order valence-corrected chi connectivity index (χ1v) is 13.7. The van der Waals surface area contributed by atoms with Gasteiger partial charge in [-0.3, -0.25) is 19.1 Å². The Morgan fingerprint density at radius 1 is 1.00 bits per heavy atom. The van der Waals surface area contributed by atoms with Crippen LogP contribution < -0.4 is 15.6 Å². The summed E-state index contributed by atoms with van der Waals surface area (Å²) in [6.45, 7) is 2.00. The van der Waals surface area contributed by atoms with Crippen LogP contribution in [-0.2, 0) is 14.3 Å². The number of halogens is 3. The van der Waals surface area contributed by atoms with Crippen LogP contribution in [0.5, 0.6) is 5.75 Å². The number of fused-ring (bicyclic) bond motifs is 1. The van der Waals surface area contributed by atoms with E-state index in [-0.39, 0.29) is 22.5 Å². The molecule has 14 heteroatoms. The Kier molecular flexibility index (Phi) is 7.55. The van der Waals surface area contributed by atoms with Crippen LogP contribution in [0.25, 0.3) is 27.7 Å². The number of ether oxygens (including phenoxy) is 3. The van der Waals surface area contributed by atoms with E-state index in [1.165, 1.54) is 42.4 Å². The predicted octanol–water partition coefficient (Wildman–Crippen LogP) is 3.94. The van der Waals surface area contributed by atoms with Crippen molar-refractivity contribution in [1.82, 2.24) is 19.4 Å². The minimum atomic E-state index is -5.00. The Bertz CT molecular complexity index is 1800. The number of carbonyl (C=O) groups is 2. The molecule has 0 bridgehead atoms. The van der Waals surface area contributed by atoms with E-state index in [1.54, 1.807) is 24.3 Å². The lowest BCUT2D eigenvalue weighted by atomic mass is 10.1. The molecule has 1 N–H and O–H groups in total. The number of alkyl halides is 3. The number of anilines is 1. The van der Waals surface area contributed by atoms with E-state index in [2.05, 4.69) is 24.8 Å². The van der Waals surface area contributed by atoms with Crippen LogP contribution in [0.4, 0.5) is 18.9 Å².